The Hall–Kier alpha value is -1.10. The van der Waals surface area contributed by atoms with Crippen LogP contribution in [0.2, 0.25) is 0 Å². The van der Waals surface area contributed by atoms with Crippen molar-refractivity contribution in [3.8, 4) is 0 Å². The fraction of sp³-hybridized carbons (Fsp3) is 0.857. The molecule has 0 aromatic rings. The monoisotopic (exact) mass is 270 g/mol. The largest absolute Gasteiger partial charge is 0.396 e. The zero-order valence-electron chi connectivity index (χ0n) is 12.1. The standard InChI is InChI=1S/C14H26N2O3/c1-15(13(18)9-6-10-17)11-14(19)16(2)12-7-4-3-5-8-12/h12,17H,3-11H2,1-2H3. The first-order valence-corrected chi connectivity index (χ1v) is 7.16. The van der Waals surface area contributed by atoms with Crippen molar-refractivity contribution in [1.29, 1.82) is 0 Å². The van der Waals surface area contributed by atoms with E-state index in [0.29, 0.717) is 18.9 Å². The van der Waals surface area contributed by atoms with Crippen molar-refractivity contribution < 1.29 is 14.7 Å². The molecule has 1 rings (SSSR count). The van der Waals surface area contributed by atoms with Crippen molar-refractivity contribution in [3.05, 3.63) is 0 Å². The number of hydrogen-bond acceptors (Lipinski definition) is 3. The number of aliphatic hydroxyl groups is 1. The van der Waals surface area contributed by atoms with Crippen molar-refractivity contribution >= 4 is 11.8 Å². The van der Waals surface area contributed by atoms with E-state index in [1.54, 1.807) is 11.9 Å². The van der Waals surface area contributed by atoms with Crippen LogP contribution in [0.3, 0.4) is 0 Å². The highest BCUT2D eigenvalue weighted by atomic mass is 16.3. The summed E-state index contributed by atoms with van der Waals surface area (Å²) in [5, 5.41) is 8.69. The number of carbonyl (C=O) groups is 2. The molecule has 0 spiro atoms. The lowest BCUT2D eigenvalue weighted by Crippen LogP contribution is -2.44. The summed E-state index contributed by atoms with van der Waals surface area (Å²) in [6, 6.07) is 0.335. The van der Waals surface area contributed by atoms with Gasteiger partial charge in [0.1, 0.15) is 0 Å². The van der Waals surface area contributed by atoms with E-state index < -0.39 is 0 Å². The molecule has 5 nitrogen and oxygen atoms in total. The van der Waals surface area contributed by atoms with Gasteiger partial charge >= 0.3 is 0 Å². The van der Waals surface area contributed by atoms with Gasteiger partial charge in [0.2, 0.25) is 11.8 Å². The molecular formula is C14H26N2O3. The van der Waals surface area contributed by atoms with E-state index in [1.165, 1.54) is 24.2 Å². The third kappa shape index (κ3) is 5.19. The summed E-state index contributed by atoms with van der Waals surface area (Å²) in [5.74, 6) is -0.0776. The zero-order valence-corrected chi connectivity index (χ0v) is 12.1. The van der Waals surface area contributed by atoms with Crippen molar-refractivity contribution in [2.45, 2.75) is 51.0 Å². The predicted octanol–water partition coefficient (Wildman–Crippen LogP) is 1.01. The summed E-state index contributed by atoms with van der Waals surface area (Å²) in [6.45, 7) is 0.146. The number of nitrogens with zero attached hydrogens (tertiary/aromatic N) is 2. The summed E-state index contributed by atoms with van der Waals surface area (Å²) in [7, 11) is 3.48. The van der Waals surface area contributed by atoms with E-state index in [0.717, 1.165) is 12.8 Å². The average molecular weight is 270 g/mol. The third-order valence-corrected chi connectivity index (χ3v) is 3.86. The van der Waals surface area contributed by atoms with E-state index >= 15 is 0 Å². The second kappa shape index (κ2) is 8.15. The Balaban J connectivity index is 2.37. The van der Waals surface area contributed by atoms with Crippen LogP contribution in [0.15, 0.2) is 0 Å². The van der Waals surface area contributed by atoms with Crippen LogP contribution in [0, 0.1) is 0 Å². The summed E-state index contributed by atoms with van der Waals surface area (Å²) in [5.41, 5.74) is 0. The van der Waals surface area contributed by atoms with Gasteiger partial charge in [-0.05, 0) is 19.3 Å². The number of rotatable bonds is 6. The summed E-state index contributed by atoms with van der Waals surface area (Å²) >= 11 is 0. The molecule has 1 N–H and O–H groups in total. The minimum Gasteiger partial charge on any atom is -0.396 e. The normalized spacial score (nSPS) is 16.2. The Labute approximate surface area is 115 Å². The minimum atomic E-state index is -0.0838. The van der Waals surface area contributed by atoms with E-state index in [4.69, 9.17) is 5.11 Å². The van der Waals surface area contributed by atoms with E-state index in [2.05, 4.69) is 0 Å². The summed E-state index contributed by atoms with van der Waals surface area (Å²) in [4.78, 5) is 27.1. The quantitative estimate of drug-likeness (QED) is 0.783. The van der Waals surface area contributed by atoms with Crippen molar-refractivity contribution in [1.82, 2.24) is 9.80 Å². The van der Waals surface area contributed by atoms with Crippen LogP contribution in [0.4, 0.5) is 0 Å². The van der Waals surface area contributed by atoms with Gasteiger partial charge in [-0.3, -0.25) is 9.59 Å². The van der Waals surface area contributed by atoms with Gasteiger partial charge in [-0.2, -0.15) is 0 Å². The highest BCUT2D eigenvalue weighted by molar-refractivity contribution is 5.84. The Morgan fingerprint density at radius 2 is 1.74 bits per heavy atom. The molecule has 19 heavy (non-hydrogen) atoms. The zero-order chi connectivity index (χ0) is 14.3. The number of carbonyl (C=O) groups excluding carboxylic acids is 2. The smallest absolute Gasteiger partial charge is 0.242 e. The molecule has 1 aliphatic carbocycles. The van der Waals surface area contributed by atoms with Gasteiger partial charge in [0.05, 0.1) is 6.54 Å². The molecule has 1 aliphatic rings. The maximum atomic E-state index is 12.1. The van der Waals surface area contributed by atoms with Gasteiger partial charge in [-0.1, -0.05) is 19.3 Å². The second-order valence-electron chi connectivity index (χ2n) is 5.37. The molecule has 0 saturated heterocycles. The molecule has 0 radical (unpaired) electrons. The maximum Gasteiger partial charge on any atom is 0.242 e. The number of aliphatic hydroxyl groups excluding tert-OH is 1. The SMILES string of the molecule is CN(CC(=O)N(C)C1CCCCC1)C(=O)CCCO. The molecule has 0 unspecified atom stereocenters. The van der Waals surface area contributed by atoms with Gasteiger partial charge in [0.15, 0.2) is 0 Å². The molecule has 1 fully saturated rings. The van der Waals surface area contributed by atoms with Crippen LogP contribution in [0.25, 0.3) is 0 Å². The Kier molecular flexibility index (Phi) is 6.84. The van der Waals surface area contributed by atoms with Crippen LogP contribution >= 0.6 is 0 Å². The van der Waals surface area contributed by atoms with Crippen LogP contribution < -0.4 is 0 Å². The highest BCUT2D eigenvalue weighted by Crippen LogP contribution is 2.21. The first-order chi connectivity index (χ1) is 9.06. The first-order valence-electron chi connectivity index (χ1n) is 7.16. The van der Waals surface area contributed by atoms with Gasteiger partial charge in [0.25, 0.3) is 0 Å². The van der Waals surface area contributed by atoms with Crippen molar-refractivity contribution in [2.24, 2.45) is 0 Å². The van der Waals surface area contributed by atoms with Gasteiger partial charge in [-0.15, -0.1) is 0 Å². The number of amides is 2. The summed E-state index contributed by atoms with van der Waals surface area (Å²) < 4.78 is 0. The van der Waals surface area contributed by atoms with Crippen LogP contribution in [-0.4, -0.2) is 60.0 Å². The molecule has 0 bridgehead atoms. The molecule has 0 aliphatic heterocycles. The Bertz CT molecular complexity index is 301. The fourth-order valence-corrected chi connectivity index (χ4v) is 2.50. The van der Waals surface area contributed by atoms with Crippen molar-refractivity contribution in [2.75, 3.05) is 27.2 Å². The number of likely N-dealkylation sites (N-methyl/N-ethyl adjacent to an activating group) is 2. The second-order valence-corrected chi connectivity index (χ2v) is 5.37. The molecular weight excluding hydrogens is 244 g/mol. The van der Waals surface area contributed by atoms with Crippen LogP contribution in [-0.2, 0) is 9.59 Å². The molecule has 0 aromatic carbocycles. The maximum absolute atomic E-state index is 12.1. The van der Waals surface area contributed by atoms with Crippen LogP contribution in [0.1, 0.15) is 44.9 Å². The fourth-order valence-electron chi connectivity index (χ4n) is 2.50. The molecule has 2 amide bonds. The lowest BCUT2D eigenvalue weighted by Gasteiger charge is -2.32. The molecule has 0 heterocycles. The van der Waals surface area contributed by atoms with E-state index in [-0.39, 0.29) is 25.0 Å². The van der Waals surface area contributed by atoms with Crippen molar-refractivity contribution in [3.63, 3.8) is 0 Å². The minimum absolute atomic E-state index is 0.00625. The van der Waals surface area contributed by atoms with Gasteiger partial charge < -0.3 is 14.9 Å². The first kappa shape index (κ1) is 16.0. The Morgan fingerprint density at radius 3 is 2.32 bits per heavy atom. The Morgan fingerprint density at radius 1 is 1.11 bits per heavy atom. The van der Waals surface area contributed by atoms with E-state index in [1.807, 2.05) is 7.05 Å². The van der Waals surface area contributed by atoms with Gasteiger partial charge in [0, 0.05) is 33.2 Å². The van der Waals surface area contributed by atoms with Gasteiger partial charge in [-0.25, -0.2) is 0 Å². The lowest BCUT2D eigenvalue weighted by molar-refractivity contribution is -0.140. The van der Waals surface area contributed by atoms with E-state index in [9.17, 15) is 9.59 Å². The average Bonchev–Trinajstić information content (AvgIpc) is 2.44. The summed E-state index contributed by atoms with van der Waals surface area (Å²) in [6.07, 6.45) is 6.54. The molecule has 110 valence electrons. The van der Waals surface area contributed by atoms with Crippen LogP contribution in [0.5, 0.6) is 0 Å². The number of hydrogen-bond donors (Lipinski definition) is 1. The molecule has 5 heteroatoms. The third-order valence-electron chi connectivity index (χ3n) is 3.86. The lowest BCUT2D eigenvalue weighted by atomic mass is 9.94. The highest BCUT2D eigenvalue weighted by Gasteiger charge is 2.23. The molecule has 1 saturated carbocycles. The topological polar surface area (TPSA) is 60.9 Å². The predicted molar refractivity (Wildman–Crippen MR) is 73.6 cm³/mol. The molecule has 0 aromatic heterocycles. The molecule has 0 atom stereocenters.